The third-order valence-corrected chi connectivity index (χ3v) is 5.52. The van der Waals surface area contributed by atoms with Gasteiger partial charge in [-0.3, -0.25) is 9.59 Å². The van der Waals surface area contributed by atoms with E-state index in [9.17, 15) is 9.59 Å². The van der Waals surface area contributed by atoms with Gasteiger partial charge in [0, 0.05) is 17.7 Å². The second kappa shape index (κ2) is 12.7. The molecule has 2 rings (SSSR count). The van der Waals surface area contributed by atoms with Crippen molar-refractivity contribution in [3.63, 3.8) is 0 Å². The number of hydrogen-bond donors (Lipinski definition) is 2. The van der Waals surface area contributed by atoms with E-state index in [0.29, 0.717) is 28.9 Å². The van der Waals surface area contributed by atoms with Crippen LogP contribution in [0.5, 0.6) is 11.5 Å². The van der Waals surface area contributed by atoms with Crippen molar-refractivity contribution in [1.29, 1.82) is 0 Å². The van der Waals surface area contributed by atoms with E-state index in [1.54, 1.807) is 18.2 Å². The lowest BCUT2D eigenvalue weighted by Gasteiger charge is -2.25. The van der Waals surface area contributed by atoms with Gasteiger partial charge in [0.1, 0.15) is 0 Å². The van der Waals surface area contributed by atoms with Crippen LogP contribution in [0.25, 0.3) is 0 Å². The van der Waals surface area contributed by atoms with E-state index in [0.717, 1.165) is 25.7 Å². The molecule has 2 N–H and O–H groups in total. The Morgan fingerprint density at radius 1 is 1.19 bits per heavy atom. The molecule has 2 atom stereocenters. The minimum atomic E-state index is -0.378. The zero-order chi connectivity index (χ0) is 23.5. The summed E-state index contributed by atoms with van der Waals surface area (Å²) in [6.45, 7) is 6.30. The molecule has 0 aliphatic heterocycles. The maximum atomic E-state index is 12.3. The summed E-state index contributed by atoms with van der Waals surface area (Å²) < 4.78 is 10.4. The molecule has 0 aromatic heterocycles. The molecule has 174 valence electrons. The number of hydrogen-bond acceptors (Lipinski definition) is 5. The Hall–Kier alpha value is -3.09. The lowest BCUT2D eigenvalue weighted by molar-refractivity contribution is -0.120. The first-order valence-electron chi connectivity index (χ1n) is 11.0. The number of hydrazone groups is 1. The summed E-state index contributed by atoms with van der Waals surface area (Å²) in [4.78, 5) is 24.3. The number of nitrogens with zero attached hydrogens (tertiary/aromatic N) is 1. The van der Waals surface area contributed by atoms with Crippen molar-refractivity contribution in [2.24, 2.45) is 16.9 Å². The van der Waals surface area contributed by atoms with Crippen LogP contribution in [0.4, 0.5) is 0 Å². The van der Waals surface area contributed by atoms with E-state index < -0.39 is 0 Å². The summed E-state index contributed by atoms with van der Waals surface area (Å²) in [5.41, 5.74) is 5.73. The standard InChI is InChI=1S/C25H35N3O4/c1-17(2)7-6-8-19-9-10-21(18(3)13-19)15-27-28-24(29)16-26-25(30)20-11-12-22(31-4)23(14-20)32-5/h7,9,11-12,14-15,18,21H,6,8,10,13,16H2,1-5H3,(H,26,30)(H,28,29)/b27-15+/t18-,21+/m1/s1. The average Bonchev–Trinajstić information content (AvgIpc) is 2.78. The Morgan fingerprint density at radius 3 is 2.59 bits per heavy atom. The van der Waals surface area contributed by atoms with Crippen molar-refractivity contribution in [2.45, 2.75) is 46.5 Å². The molecule has 0 fully saturated rings. The van der Waals surface area contributed by atoms with Gasteiger partial charge in [-0.2, -0.15) is 5.10 Å². The monoisotopic (exact) mass is 441 g/mol. The minimum absolute atomic E-state index is 0.168. The van der Waals surface area contributed by atoms with E-state index in [1.165, 1.54) is 25.4 Å². The van der Waals surface area contributed by atoms with Crippen LogP contribution < -0.4 is 20.2 Å². The molecule has 0 unspecified atom stereocenters. The van der Waals surface area contributed by atoms with Gasteiger partial charge in [-0.05, 0) is 63.6 Å². The molecule has 1 aromatic carbocycles. The Kier molecular flexibility index (Phi) is 9.98. The molecule has 7 nitrogen and oxygen atoms in total. The van der Waals surface area contributed by atoms with Gasteiger partial charge >= 0.3 is 0 Å². The minimum Gasteiger partial charge on any atom is -0.493 e. The van der Waals surface area contributed by atoms with Crippen molar-refractivity contribution in [3.8, 4) is 11.5 Å². The SMILES string of the molecule is COc1ccc(C(=O)NCC(=O)N/N=C/[C@@H]2CC=C(CCC=C(C)C)C[C@H]2C)cc1OC. The topological polar surface area (TPSA) is 89.0 Å². The summed E-state index contributed by atoms with van der Waals surface area (Å²) in [5, 5.41) is 6.69. The van der Waals surface area contributed by atoms with Crippen LogP contribution >= 0.6 is 0 Å². The summed E-state index contributed by atoms with van der Waals surface area (Å²) >= 11 is 0. The van der Waals surface area contributed by atoms with Gasteiger partial charge in [0.15, 0.2) is 11.5 Å². The molecular weight excluding hydrogens is 406 g/mol. The summed E-state index contributed by atoms with van der Waals surface area (Å²) in [7, 11) is 3.02. The second-order valence-electron chi connectivity index (χ2n) is 8.33. The summed E-state index contributed by atoms with van der Waals surface area (Å²) in [6, 6.07) is 4.82. The van der Waals surface area contributed by atoms with Gasteiger partial charge in [-0.25, -0.2) is 5.43 Å². The lowest BCUT2D eigenvalue weighted by Crippen LogP contribution is -2.35. The van der Waals surface area contributed by atoms with Crippen molar-refractivity contribution in [2.75, 3.05) is 20.8 Å². The van der Waals surface area contributed by atoms with E-state index in [-0.39, 0.29) is 18.4 Å². The zero-order valence-electron chi connectivity index (χ0n) is 19.7. The Balaban J connectivity index is 1.77. The fourth-order valence-corrected chi connectivity index (χ4v) is 3.63. The summed E-state index contributed by atoms with van der Waals surface area (Å²) in [6.07, 6.45) is 10.6. The van der Waals surface area contributed by atoms with Crippen LogP contribution in [0.1, 0.15) is 56.8 Å². The fraction of sp³-hybridized carbons (Fsp3) is 0.480. The lowest BCUT2D eigenvalue weighted by atomic mass is 9.80. The number of allylic oxidation sites excluding steroid dienone is 4. The molecule has 0 saturated carbocycles. The highest BCUT2D eigenvalue weighted by atomic mass is 16.5. The fourth-order valence-electron chi connectivity index (χ4n) is 3.63. The van der Waals surface area contributed by atoms with Crippen molar-refractivity contribution >= 4 is 18.0 Å². The Labute approximate surface area is 190 Å². The Morgan fingerprint density at radius 2 is 1.94 bits per heavy atom. The first kappa shape index (κ1) is 25.2. The number of methoxy groups -OCH3 is 2. The van der Waals surface area contributed by atoms with Crippen LogP contribution in [0.2, 0.25) is 0 Å². The molecule has 2 amide bonds. The predicted molar refractivity (Wildman–Crippen MR) is 127 cm³/mol. The Bertz CT molecular complexity index is 885. The van der Waals surface area contributed by atoms with E-state index in [1.807, 2.05) is 6.21 Å². The number of ether oxygens (including phenoxy) is 2. The molecule has 0 heterocycles. The maximum absolute atomic E-state index is 12.3. The van der Waals surface area contributed by atoms with Crippen LogP contribution in [-0.4, -0.2) is 38.8 Å². The number of carbonyl (C=O) groups excluding carboxylic acids is 2. The summed E-state index contributed by atoms with van der Waals surface area (Å²) in [5.74, 6) is 0.997. The van der Waals surface area contributed by atoms with E-state index in [2.05, 4.69) is 48.8 Å². The normalized spacial score (nSPS) is 18.0. The third kappa shape index (κ3) is 7.87. The molecule has 1 aromatic rings. The highest BCUT2D eigenvalue weighted by Crippen LogP contribution is 2.30. The van der Waals surface area contributed by atoms with Crippen LogP contribution in [0, 0.1) is 11.8 Å². The average molecular weight is 442 g/mol. The second-order valence-corrected chi connectivity index (χ2v) is 8.33. The van der Waals surface area contributed by atoms with Gasteiger partial charge in [-0.1, -0.05) is 30.2 Å². The van der Waals surface area contributed by atoms with Crippen LogP contribution in [0.15, 0.2) is 46.6 Å². The van der Waals surface area contributed by atoms with Gasteiger partial charge in [0.2, 0.25) is 0 Å². The number of amides is 2. The van der Waals surface area contributed by atoms with Crippen molar-refractivity contribution < 1.29 is 19.1 Å². The smallest absolute Gasteiger partial charge is 0.259 e. The highest BCUT2D eigenvalue weighted by Gasteiger charge is 2.20. The van der Waals surface area contributed by atoms with Gasteiger partial charge in [0.05, 0.1) is 20.8 Å². The van der Waals surface area contributed by atoms with Crippen LogP contribution in [-0.2, 0) is 4.79 Å². The maximum Gasteiger partial charge on any atom is 0.259 e. The van der Waals surface area contributed by atoms with E-state index >= 15 is 0 Å². The molecule has 1 aliphatic carbocycles. The highest BCUT2D eigenvalue weighted by molar-refractivity contribution is 5.97. The van der Waals surface area contributed by atoms with Crippen LogP contribution in [0.3, 0.4) is 0 Å². The quantitative estimate of drug-likeness (QED) is 0.323. The molecular formula is C25H35N3O4. The van der Waals surface area contributed by atoms with Gasteiger partial charge < -0.3 is 14.8 Å². The van der Waals surface area contributed by atoms with Gasteiger partial charge in [0.25, 0.3) is 11.8 Å². The predicted octanol–water partition coefficient (Wildman–Crippen LogP) is 4.25. The van der Waals surface area contributed by atoms with Crippen molar-refractivity contribution in [1.82, 2.24) is 10.7 Å². The number of carbonyl (C=O) groups is 2. The van der Waals surface area contributed by atoms with Gasteiger partial charge in [-0.15, -0.1) is 0 Å². The third-order valence-electron chi connectivity index (χ3n) is 5.52. The zero-order valence-corrected chi connectivity index (χ0v) is 19.7. The molecule has 1 aliphatic rings. The van der Waals surface area contributed by atoms with E-state index in [4.69, 9.17) is 9.47 Å². The molecule has 0 spiro atoms. The number of rotatable bonds is 10. The number of nitrogens with one attached hydrogen (secondary N) is 2. The molecule has 32 heavy (non-hydrogen) atoms. The first-order valence-corrected chi connectivity index (χ1v) is 11.0. The first-order chi connectivity index (χ1) is 15.3. The molecule has 0 saturated heterocycles. The molecule has 0 radical (unpaired) electrons. The van der Waals surface area contributed by atoms with Crippen molar-refractivity contribution in [3.05, 3.63) is 47.1 Å². The molecule has 7 heteroatoms. The molecule has 0 bridgehead atoms. The number of benzene rings is 1. The largest absolute Gasteiger partial charge is 0.493 e.